The van der Waals surface area contributed by atoms with Gasteiger partial charge in [-0.2, -0.15) is 0 Å². The average molecular weight is 449 g/mol. The van der Waals surface area contributed by atoms with Crippen LogP contribution in [0.25, 0.3) is 10.2 Å². The van der Waals surface area contributed by atoms with Crippen molar-refractivity contribution in [3.63, 3.8) is 0 Å². The Bertz CT molecular complexity index is 1070. The van der Waals surface area contributed by atoms with Gasteiger partial charge in [0.25, 0.3) is 11.6 Å². The van der Waals surface area contributed by atoms with Gasteiger partial charge < -0.3 is 4.90 Å². The Morgan fingerprint density at radius 1 is 1.17 bits per heavy atom. The number of carbonyl (C=O) groups excluding carboxylic acids is 1. The highest BCUT2D eigenvalue weighted by Gasteiger charge is 2.27. The zero-order chi connectivity index (χ0) is 21.1. The Kier molecular flexibility index (Phi) is 7.89. The molecule has 0 unspecified atom stereocenters. The first-order chi connectivity index (χ1) is 13.8. The molecule has 1 heterocycles. The van der Waals surface area contributed by atoms with E-state index in [9.17, 15) is 14.9 Å². The number of nitro benzene ring substituents is 1. The third kappa shape index (κ3) is 5.13. The van der Waals surface area contributed by atoms with Crippen LogP contribution < -0.4 is 4.90 Å². The molecule has 7 nitrogen and oxygen atoms in total. The number of aryl methyl sites for hydroxylation is 2. The molecule has 0 bridgehead atoms. The van der Waals surface area contributed by atoms with Gasteiger partial charge in [-0.1, -0.05) is 29.5 Å². The summed E-state index contributed by atoms with van der Waals surface area (Å²) in [5, 5.41) is 12.0. The van der Waals surface area contributed by atoms with Crippen LogP contribution in [0.3, 0.4) is 0 Å². The summed E-state index contributed by atoms with van der Waals surface area (Å²) >= 11 is 1.45. The van der Waals surface area contributed by atoms with E-state index in [1.54, 1.807) is 17.0 Å². The number of carbonyl (C=O) groups is 1. The van der Waals surface area contributed by atoms with Crippen LogP contribution in [-0.4, -0.2) is 47.9 Å². The molecule has 1 aromatic heterocycles. The van der Waals surface area contributed by atoms with Gasteiger partial charge in [0.1, 0.15) is 5.56 Å². The third-order valence-electron chi connectivity index (χ3n) is 4.60. The molecule has 0 N–H and O–H groups in total. The number of halogens is 1. The minimum Gasteiger partial charge on any atom is -0.309 e. The van der Waals surface area contributed by atoms with E-state index in [4.69, 9.17) is 4.98 Å². The van der Waals surface area contributed by atoms with Crippen LogP contribution in [0.2, 0.25) is 0 Å². The van der Waals surface area contributed by atoms with Crippen molar-refractivity contribution in [1.29, 1.82) is 0 Å². The molecule has 3 rings (SSSR count). The van der Waals surface area contributed by atoms with Crippen LogP contribution in [0.4, 0.5) is 10.8 Å². The third-order valence-corrected chi connectivity index (χ3v) is 5.83. The highest BCUT2D eigenvalue weighted by Crippen LogP contribution is 2.33. The smallest absolute Gasteiger partial charge is 0.282 e. The van der Waals surface area contributed by atoms with E-state index in [2.05, 4.69) is 6.07 Å². The number of hydrogen-bond donors (Lipinski definition) is 0. The van der Waals surface area contributed by atoms with Crippen molar-refractivity contribution in [3.8, 4) is 0 Å². The van der Waals surface area contributed by atoms with E-state index in [0.29, 0.717) is 11.7 Å². The lowest BCUT2D eigenvalue weighted by Crippen LogP contribution is -2.33. The number of anilines is 1. The van der Waals surface area contributed by atoms with Crippen LogP contribution in [0.15, 0.2) is 36.4 Å². The summed E-state index contributed by atoms with van der Waals surface area (Å²) in [6.45, 7) is 5.26. The van der Waals surface area contributed by atoms with Crippen molar-refractivity contribution in [1.82, 2.24) is 9.88 Å². The number of aromatic nitrogens is 1. The van der Waals surface area contributed by atoms with Gasteiger partial charge in [0.15, 0.2) is 5.13 Å². The van der Waals surface area contributed by atoms with Crippen molar-refractivity contribution in [2.75, 3.05) is 32.1 Å². The van der Waals surface area contributed by atoms with Crippen molar-refractivity contribution in [2.45, 2.75) is 20.3 Å². The molecule has 0 saturated carbocycles. The normalized spacial score (nSPS) is 10.8. The van der Waals surface area contributed by atoms with Crippen LogP contribution in [0, 0.1) is 24.0 Å². The van der Waals surface area contributed by atoms with Crippen LogP contribution >= 0.6 is 23.7 Å². The standard InChI is InChI=1S/C21H24N4O3S.ClH/c1-14-12-15(2)19-17(13-14)22-21(29-19)24(11-7-10-23(3)4)20(26)16-8-5-6-9-18(16)25(27)28;/h5-6,8-9,12-13H,7,10-11H2,1-4H3;1H. The predicted molar refractivity (Wildman–Crippen MR) is 124 cm³/mol. The molecule has 0 aliphatic heterocycles. The molecule has 0 aliphatic rings. The molecule has 0 spiro atoms. The first kappa shape index (κ1) is 23.7. The lowest BCUT2D eigenvalue weighted by Gasteiger charge is -2.21. The Morgan fingerprint density at radius 2 is 1.87 bits per heavy atom. The highest BCUT2D eigenvalue weighted by atomic mass is 35.5. The molecule has 9 heteroatoms. The monoisotopic (exact) mass is 448 g/mol. The van der Waals surface area contributed by atoms with Gasteiger partial charge in [-0.3, -0.25) is 19.8 Å². The van der Waals surface area contributed by atoms with E-state index in [0.717, 1.165) is 34.3 Å². The fourth-order valence-electron chi connectivity index (χ4n) is 3.27. The number of amides is 1. The first-order valence-electron chi connectivity index (χ1n) is 9.35. The SMILES string of the molecule is Cc1cc(C)c2sc(N(CCCN(C)C)C(=O)c3ccccc3[N+](=O)[O-])nc2c1.Cl. The van der Waals surface area contributed by atoms with Crippen molar-refractivity contribution < 1.29 is 9.72 Å². The van der Waals surface area contributed by atoms with E-state index in [-0.39, 0.29) is 23.7 Å². The van der Waals surface area contributed by atoms with Gasteiger partial charge in [0.05, 0.1) is 15.1 Å². The highest BCUT2D eigenvalue weighted by molar-refractivity contribution is 7.22. The summed E-state index contributed by atoms with van der Waals surface area (Å²) in [4.78, 5) is 32.6. The minimum absolute atomic E-state index is 0. The molecule has 3 aromatic rings. The molecule has 0 aliphatic carbocycles. The number of nitro groups is 1. The van der Waals surface area contributed by atoms with Crippen LogP contribution in [0.5, 0.6) is 0 Å². The second kappa shape index (κ2) is 9.97. The summed E-state index contributed by atoms with van der Waals surface area (Å²) < 4.78 is 1.03. The number of fused-ring (bicyclic) bond motifs is 1. The molecule has 0 atom stereocenters. The number of para-hydroxylation sites is 1. The maximum atomic E-state index is 13.3. The number of thiazole rings is 1. The van der Waals surface area contributed by atoms with Crippen molar-refractivity contribution >= 4 is 50.7 Å². The molecule has 30 heavy (non-hydrogen) atoms. The van der Waals surface area contributed by atoms with E-state index in [1.807, 2.05) is 38.9 Å². The maximum Gasteiger partial charge on any atom is 0.282 e. The molecular formula is C21H25ClN4O3S. The maximum absolute atomic E-state index is 13.3. The Hall–Kier alpha value is -2.55. The van der Waals surface area contributed by atoms with Crippen molar-refractivity contribution in [2.24, 2.45) is 0 Å². The lowest BCUT2D eigenvalue weighted by molar-refractivity contribution is -0.385. The molecule has 1 amide bonds. The number of nitrogens with zero attached hydrogens (tertiary/aromatic N) is 4. The van der Waals surface area contributed by atoms with Crippen LogP contribution in [-0.2, 0) is 0 Å². The van der Waals surface area contributed by atoms with Crippen molar-refractivity contribution in [3.05, 3.63) is 63.2 Å². The van der Waals surface area contributed by atoms with Gasteiger partial charge in [-0.05, 0) is 64.2 Å². The fraction of sp³-hybridized carbons (Fsp3) is 0.333. The van der Waals surface area contributed by atoms with Gasteiger partial charge in [-0.25, -0.2) is 4.98 Å². The van der Waals surface area contributed by atoms with E-state index < -0.39 is 10.8 Å². The van der Waals surface area contributed by atoms with E-state index in [1.165, 1.54) is 23.5 Å². The molecular weight excluding hydrogens is 424 g/mol. The summed E-state index contributed by atoms with van der Waals surface area (Å²) in [6.07, 6.45) is 0.729. The minimum atomic E-state index is -0.517. The number of hydrogen-bond acceptors (Lipinski definition) is 6. The first-order valence-corrected chi connectivity index (χ1v) is 10.2. The van der Waals surface area contributed by atoms with Crippen LogP contribution in [0.1, 0.15) is 27.9 Å². The quantitative estimate of drug-likeness (QED) is 0.381. The van der Waals surface area contributed by atoms with E-state index >= 15 is 0 Å². The average Bonchev–Trinajstić information content (AvgIpc) is 3.08. The summed E-state index contributed by atoms with van der Waals surface area (Å²) in [7, 11) is 3.94. The largest absolute Gasteiger partial charge is 0.309 e. The number of benzene rings is 2. The Morgan fingerprint density at radius 3 is 2.53 bits per heavy atom. The van der Waals surface area contributed by atoms with Gasteiger partial charge in [0, 0.05) is 12.6 Å². The molecule has 160 valence electrons. The second-order valence-corrected chi connectivity index (χ2v) is 8.29. The zero-order valence-electron chi connectivity index (χ0n) is 17.4. The predicted octanol–water partition coefficient (Wildman–Crippen LogP) is 4.84. The van der Waals surface area contributed by atoms with Gasteiger partial charge in [-0.15, -0.1) is 12.4 Å². The van der Waals surface area contributed by atoms with Gasteiger partial charge in [0.2, 0.25) is 0 Å². The second-order valence-electron chi connectivity index (χ2n) is 7.31. The Labute approximate surface area is 185 Å². The molecule has 0 saturated heterocycles. The molecule has 2 aromatic carbocycles. The summed E-state index contributed by atoms with van der Waals surface area (Å²) in [5.41, 5.74) is 2.94. The van der Waals surface area contributed by atoms with Gasteiger partial charge >= 0.3 is 0 Å². The number of rotatable bonds is 7. The Balaban J connectivity index is 0.00000320. The fourth-order valence-corrected chi connectivity index (χ4v) is 4.31. The topological polar surface area (TPSA) is 79.6 Å². The molecule has 0 radical (unpaired) electrons. The molecule has 0 fully saturated rings. The summed E-state index contributed by atoms with van der Waals surface area (Å²) in [6, 6.07) is 10.2. The lowest BCUT2D eigenvalue weighted by atomic mass is 10.1. The zero-order valence-corrected chi connectivity index (χ0v) is 19.0. The summed E-state index contributed by atoms with van der Waals surface area (Å²) in [5.74, 6) is -0.399.